The fourth-order valence-electron chi connectivity index (χ4n) is 1.95. The largest absolute Gasteiger partial charge is 0.388 e. The van der Waals surface area contributed by atoms with E-state index in [9.17, 15) is 13.5 Å². The van der Waals surface area contributed by atoms with Gasteiger partial charge in [0.2, 0.25) is 0 Å². The van der Waals surface area contributed by atoms with Gasteiger partial charge in [-0.1, -0.05) is 0 Å². The van der Waals surface area contributed by atoms with Crippen LogP contribution in [0.3, 0.4) is 0 Å². The molecule has 0 bridgehead atoms. The molecule has 0 amide bonds. The number of nitrogens with two attached hydrogens (primary N) is 1. The van der Waals surface area contributed by atoms with Crippen LogP contribution in [0.4, 0.5) is 10.8 Å². The van der Waals surface area contributed by atoms with Gasteiger partial charge >= 0.3 is 0 Å². The molecule has 0 aliphatic carbocycles. The molecule has 1 aliphatic rings. The van der Waals surface area contributed by atoms with Crippen LogP contribution in [0.25, 0.3) is 0 Å². The number of rotatable bonds is 2. The molecule has 96 valence electrons. The molecular weight excluding hydrogens is 262 g/mol. The van der Waals surface area contributed by atoms with Crippen molar-refractivity contribution in [2.24, 2.45) is 0 Å². The number of aromatic nitrogens is 1. The number of nitrogen functional groups attached to an aromatic ring is 1. The minimum atomic E-state index is -3.40. The summed E-state index contributed by atoms with van der Waals surface area (Å²) in [6, 6.07) is 0. The lowest BCUT2D eigenvalue weighted by atomic mass is 10.1. The van der Waals surface area contributed by atoms with E-state index in [1.807, 2.05) is 4.90 Å². The maximum Gasteiger partial charge on any atom is 0.182 e. The highest BCUT2D eigenvalue weighted by Gasteiger charge is 2.35. The average molecular weight is 277 g/mol. The lowest BCUT2D eigenvalue weighted by Crippen LogP contribution is -2.29. The summed E-state index contributed by atoms with van der Waals surface area (Å²) in [4.78, 5) is 1.91. The molecule has 1 aromatic heterocycles. The Morgan fingerprint density at radius 1 is 1.59 bits per heavy atom. The first-order valence-electron chi connectivity index (χ1n) is 5.13. The van der Waals surface area contributed by atoms with E-state index in [1.165, 1.54) is 0 Å². The quantitative estimate of drug-likeness (QED) is 0.795. The Labute approximate surface area is 104 Å². The second-order valence-corrected chi connectivity index (χ2v) is 7.35. The summed E-state index contributed by atoms with van der Waals surface area (Å²) in [5.41, 5.74) is 4.81. The van der Waals surface area contributed by atoms with Crippen molar-refractivity contribution in [3.05, 3.63) is 0 Å². The van der Waals surface area contributed by atoms with Crippen LogP contribution in [-0.2, 0) is 9.84 Å². The molecule has 1 aromatic rings. The van der Waals surface area contributed by atoms with Crippen LogP contribution in [0.1, 0.15) is 13.3 Å². The maximum absolute atomic E-state index is 11.7. The molecule has 1 saturated heterocycles. The van der Waals surface area contributed by atoms with Gasteiger partial charge in [0, 0.05) is 19.3 Å². The van der Waals surface area contributed by atoms with Crippen molar-refractivity contribution < 1.29 is 13.5 Å². The van der Waals surface area contributed by atoms with Crippen molar-refractivity contribution in [3.63, 3.8) is 0 Å². The normalized spacial score (nSPS) is 25.5. The second kappa shape index (κ2) is 3.82. The summed E-state index contributed by atoms with van der Waals surface area (Å²) in [5.74, 6) is 0.0408. The highest BCUT2D eigenvalue weighted by Crippen LogP contribution is 2.37. The third-order valence-electron chi connectivity index (χ3n) is 2.77. The number of hydrogen-bond acceptors (Lipinski definition) is 7. The Kier molecular flexibility index (Phi) is 2.83. The van der Waals surface area contributed by atoms with E-state index in [-0.39, 0.29) is 10.7 Å². The van der Waals surface area contributed by atoms with Gasteiger partial charge in [0.15, 0.2) is 15.7 Å². The van der Waals surface area contributed by atoms with Crippen LogP contribution in [0, 0.1) is 0 Å². The third kappa shape index (κ3) is 2.38. The maximum atomic E-state index is 11.7. The van der Waals surface area contributed by atoms with Gasteiger partial charge in [-0.3, -0.25) is 0 Å². The van der Waals surface area contributed by atoms with Crippen molar-refractivity contribution in [1.82, 2.24) is 4.37 Å². The molecule has 0 aromatic carbocycles. The van der Waals surface area contributed by atoms with Crippen LogP contribution in [0.15, 0.2) is 4.90 Å². The average Bonchev–Trinajstić information content (AvgIpc) is 2.67. The number of β-amino-alcohol motifs (C(OH)–C–C–N with tert-alkyl or cyclic N) is 1. The third-order valence-corrected chi connectivity index (χ3v) is 4.96. The van der Waals surface area contributed by atoms with Crippen LogP contribution in [0.2, 0.25) is 0 Å². The molecule has 1 fully saturated rings. The van der Waals surface area contributed by atoms with Gasteiger partial charge in [0.25, 0.3) is 0 Å². The predicted octanol–water partition coefficient (Wildman–Crippen LogP) is 0.0899. The summed E-state index contributed by atoms with van der Waals surface area (Å²) in [5, 5.41) is 10.4. The SMILES string of the molecule is CC1(O)CCN(c2snc(N)c2S(C)(=O)=O)C1. The molecule has 17 heavy (non-hydrogen) atoms. The van der Waals surface area contributed by atoms with Crippen LogP contribution < -0.4 is 10.6 Å². The standard InChI is InChI=1S/C9H15N3O3S2/c1-9(13)3-4-12(5-9)8-6(17(2,14)15)7(10)11-16-8/h13H,3-5H2,1-2H3,(H2,10,11). The van der Waals surface area contributed by atoms with Crippen molar-refractivity contribution in [2.75, 3.05) is 30.0 Å². The number of anilines is 2. The molecule has 3 N–H and O–H groups in total. The first kappa shape index (κ1) is 12.6. The van der Waals surface area contributed by atoms with E-state index in [2.05, 4.69) is 4.37 Å². The number of aliphatic hydroxyl groups is 1. The molecule has 1 atom stereocenters. The van der Waals surface area contributed by atoms with Gasteiger partial charge in [0.1, 0.15) is 9.90 Å². The molecule has 2 heterocycles. The fourth-order valence-corrected chi connectivity index (χ4v) is 4.18. The Bertz CT molecular complexity index is 536. The van der Waals surface area contributed by atoms with Crippen molar-refractivity contribution in [1.29, 1.82) is 0 Å². The zero-order valence-electron chi connectivity index (χ0n) is 9.67. The molecule has 0 radical (unpaired) electrons. The zero-order valence-corrected chi connectivity index (χ0v) is 11.3. The number of hydrogen-bond donors (Lipinski definition) is 2. The van der Waals surface area contributed by atoms with Crippen molar-refractivity contribution in [2.45, 2.75) is 23.8 Å². The first-order chi connectivity index (χ1) is 7.71. The lowest BCUT2D eigenvalue weighted by Gasteiger charge is -2.19. The molecule has 0 saturated carbocycles. The smallest absolute Gasteiger partial charge is 0.182 e. The van der Waals surface area contributed by atoms with Gasteiger partial charge in [-0.25, -0.2) is 8.42 Å². The molecule has 0 spiro atoms. The van der Waals surface area contributed by atoms with Crippen molar-refractivity contribution >= 4 is 32.2 Å². The van der Waals surface area contributed by atoms with Gasteiger partial charge in [-0.2, -0.15) is 4.37 Å². The number of sulfone groups is 1. The Morgan fingerprint density at radius 3 is 2.71 bits per heavy atom. The molecule has 1 aliphatic heterocycles. The van der Waals surface area contributed by atoms with Crippen molar-refractivity contribution in [3.8, 4) is 0 Å². The van der Waals surface area contributed by atoms with Gasteiger partial charge in [0.05, 0.1) is 5.60 Å². The zero-order chi connectivity index (χ0) is 12.8. The highest BCUT2D eigenvalue weighted by atomic mass is 32.2. The van der Waals surface area contributed by atoms with E-state index < -0.39 is 15.4 Å². The Balaban J connectivity index is 2.42. The summed E-state index contributed by atoms with van der Waals surface area (Å²) >= 11 is 1.06. The monoisotopic (exact) mass is 277 g/mol. The van der Waals surface area contributed by atoms with E-state index in [4.69, 9.17) is 5.73 Å². The Hall–Kier alpha value is -0.860. The van der Waals surface area contributed by atoms with E-state index in [0.717, 1.165) is 17.8 Å². The van der Waals surface area contributed by atoms with Gasteiger partial charge in [-0.05, 0) is 24.9 Å². The Morgan fingerprint density at radius 2 is 2.24 bits per heavy atom. The van der Waals surface area contributed by atoms with E-state index in [0.29, 0.717) is 24.5 Å². The molecule has 8 heteroatoms. The first-order valence-corrected chi connectivity index (χ1v) is 7.80. The number of nitrogens with zero attached hydrogens (tertiary/aromatic N) is 2. The molecule has 1 unspecified atom stereocenters. The molecule has 6 nitrogen and oxygen atoms in total. The predicted molar refractivity (Wildman–Crippen MR) is 67.1 cm³/mol. The topological polar surface area (TPSA) is 96.5 Å². The van der Waals surface area contributed by atoms with Crippen LogP contribution >= 0.6 is 11.5 Å². The minimum Gasteiger partial charge on any atom is -0.388 e. The van der Waals surface area contributed by atoms with Gasteiger partial charge < -0.3 is 15.7 Å². The summed E-state index contributed by atoms with van der Waals surface area (Å²) in [6.07, 6.45) is 1.72. The lowest BCUT2D eigenvalue weighted by molar-refractivity contribution is 0.0839. The minimum absolute atomic E-state index is 0.0408. The van der Waals surface area contributed by atoms with E-state index in [1.54, 1.807) is 6.92 Å². The van der Waals surface area contributed by atoms with E-state index >= 15 is 0 Å². The molecule has 2 rings (SSSR count). The molecular formula is C9H15N3O3S2. The second-order valence-electron chi connectivity index (χ2n) is 4.64. The summed E-state index contributed by atoms with van der Waals surface area (Å²) in [7, 11) is -3.40. The van der Waals surface area contributed by atoms with Gasteiger partial charge in [-0.15, -0.1) is 0 Å². The summed E-state index contributed by atoms with van der Waals surface area (Å²) < 4.78 is 27.2. The van der Waals surface area contributed by atoms with Crippen LogP contribution in [0.5, 0.6) is 0 Å². The highest BCUT2D eigenvalue weighted by molar-refractivity contribution is 7.91. The fraction of sp³-hybridized carbons (Fsp3) is 0.667. The van der Waals surface area contributed by atoms with Crippen LogP contribution in [-0.4, -0.2) is 42.8 Å². The summed E-state index contributed by atoms with van der Waals surface area (Å²) in [6.45, 7) is 2.74.